The number of aryl methyl sites for hydroxylation is 1. The van der Waals surface area contributed by atoms with Crippen LogP contribution in [0.4, 0.5) is 4.39 Å². The number of pyridine rings is 1. The lowest BCUT2D eigenvalue weighted by molar-refractivity contribution is 0.601. The van der Waals surface area contributed by atoms with Gasteiger partial charge in [0, 0.05) is 16.0 Å². The van der Waals surface area contributed by atoms with E-state index in [0.717, 1.165) is 10.4 Å². The molecule has 2 aromatic heterocycles. The Hall–Kier alpha value is -1.30. The van der Waals surface area contributed by atoms with Crippen molar-refractivity contribution in [2.24, 2.45) is 5.84 Å². The molecule has 0 bridgehead atoms. The Bertz CT molecular complexity index is 484. The van der Waals surface area contributed by atoms with Gasteiger partial charge in [0.2, 0.25) is 0 Å². The van der Waals surface area contributed by atoms with Crippen molar-refractivity contribution in [3.63, 3.8) is 0 Å². The molecule has 0 aliphatic heterocycles. The van der Waals surface area contributed by atoms with Gasteiger partial charge in [-0.05, 0) is 30.7 Å². The fourth-order valence-electron chi connectivity index (χ4n) is 1.54. The van der Waals surface area contributed by atoms with Gasteiger partial charge in [0.1, 0.15) is 5.82 Å². The van der Waals surface area contributed by atoms with E-state index in [1.807, 2.05) is 19.1 Å². The summed E-state index contributed by atoms with van der Waals surface area (Å²) in [4.78, 5) is 6.06. The Morgan fingerprint density at radius 1 is 1.44 bits per heavy atom. The van der Waals surface area contributed by atoms with Crippen molar-refractivity contribution >= 4 is 11.3 Å². The van der Waals surface area contributed by atoms with Crippen LogP contribution in [0.3, 0.4) is 0 Å². The standard InChI is InChI=1S/C11H12FN3S/c1-7-2-3-10(16-7)11(15-13)8-4-9(12)6-14-5-8/h2-6,11,15H,13H2,1H3. The predicted molar refractivity (Wildman–Crippen MR) is 62.4 cm³/mol. The summed E-state index contributed by atoms with van der Waals surface area (Å²) in [5, 5.41) is 0. The largest absolute Gasteiger partial charge is 0.271 e. The van der Waals surface area contributed by atoms with Crippen LogP contribution in [0.5, 0.6) is 0 Å². The summed E-state index contributed by atoms with van der Waals surface area (Å²) in [7, 11) is 0. The van der Waals surface area contributed by atoms with Crippen molar-refractivity contribution in [2.45, 2.75) is 13.0 Å². The maximum absolute atomic E-state index is 13.1. The summed E-state index contributed by atoms with van der Waals surface area (Å²) >= 11 is 1.63. The molecule has 0 fully saturated rings. The first-order chi connectivity index (χ1) is 7.70. The Kier molecular flexibility index (Phi) is 3.28. The number of nitrogens with one attached hydrogen (secondary N) is 1. The van der Waals surface area contributed by atoms with Gasteiger partial charge in [-0.2, -0.15) is 0 Å². The first kappa shape index (κ1) is 11.2. The molecule has 2 rings (SSSR count). The summed E-state index contributed by atoms with van der Waals surface area (Å²) in [6.07, 6.45) is 2.79. The van der Waals surface area contributed by atoms with E-state index in [1.54, 1.807) is 17.5 Å². The van der Waals surface area contributed by atoms with Crippen LogP contribution in [0.25, 0.3) is 0 Å². The van der Waals surface area contributed by atoms with Crippen molar-refractivity contribution < 1.29 is 4.39 Å². The SMILES string of the molecule is Cc1ccc(C(NN)c2cncc(F)c2)s1. The molecule has 5 heteroatoms. The maximum atomic E-state index is 13.1. The summed E-state index contributed by atoms with van der Waals surface area (Å²) < 4.78 is 13.1. The zero-order valence-electron chi connectivity index (χ0n) is 8.77. The Balaban J connectivity index is 2.36. The molecular weight excluding hydrogens is 225 g/mol. The van der Waals surface area contributed by atoms with Crippen molar-refractivity contribution in [1.29, 1.82) is 0 Å². The molecule has 0 saturated carbocycles. The zero-order valence-corrected chi connectivity index (χ0v) is 9.59. The molecule has 3 nitrogen and oxygen atoms in total. The van der Waals surface area contributed by atoms with E-state index in [4.69, 9.17) is 5.84 Å². The molecule has 0 aliphatic carbocycles. The van der Waals surface area contributed by atoms with Gasteiger partial charge in [0.15, 0.2) is 0 Å². The third-order valence-electron chi connectivity index (χ3n) is 2.27. The molecular formula is C11H12FN3S. The maximum Gasteiger partial charge on any atom is 0.141 e. The number of hydrogen-bond donors (Lipinski definition) is 2. The van der Waals surface area contributed by atoms with Crippen LogP contribution >= 0.6 is 11.3 Å². The molecule has 0 aromatic carbocycles. The van der Waals surface area contributed by atoms with Gasteiger partial charge < -0.3 is 0 Å². The second kappa shape index (κ2) is 4.69. The second-order valence-electron chi connectivity index (χ2n) is 3.48. The van der Waals surface area contributed by atoms with Gasteiger partial charge in [-0.15, -0.1) is 11.3 Å². The van der Waals surface area contributed by atoms with Crippen LogP contribution in [-0.4, -0.2) is 4.98 Å². The van der Waals surface area contributed by atoms with Crippen LogP contribution in [0, 0.1) is 12.7 Å². The van der Waals surface area contributed by atoms with Gasteiger partial charge in [-0.25, -0.2) is 9.82 Å². The third-order valence-corrected chi connectivity index (χ3v) is 3.34. The minimum atomic E-state index is -0.356. The van der Waals surface area contributed by atoms with E-state index in [0.29, 0.717) is 0 Å². The Morgan fingerprint density at radius 2 is 2.25 bits per heavy atom. The summed E-state index contributed by atoms with van der Waals surface area (Å²) in [5.41, 5.74) is 3.41. The number of hydrogen-bond acceptors (Lipinski definition) is 4. The molecule has 0 aliphatic rings. The molecule has 0 spiro atoms. The van der Waals surface area contributed by atoms with Gasteiger partial charge >= 0.3 is 0 Å². The van der Waals surface area contributed by atoms with Gasteiger partial charge in [0.05, 0.1) is 12.2 Å². The number of nitrogens with zero attached hydrogens (tertiary/aromatic N) is 1. The number of halogens is 1. The molecule has 0 radical (unpaired) electrons. The van der Waals surface area contributed by atoms with Crippen molar-refractivity contribution in [3.05, 3.63) is 51.7 Å². The van der Waals surface area contributed by atoms with Gasteiger partial charge in [-0.3, -0.25) is 10.8 Å². The normalized spacial score (nSPS) is 12.7. The van der Waals surface area contributed by atoms with E-state index < -0.39 is 0 Å². The van der Waals surface area contributed by atoms with E-state index >= 15 is 0 Å². The van der Waals surface area contributed by atoms with Crippen LogP contribution in [-0.2, 0) is 0 Å². The Morgan fingerprint density at radius 3 is 2.81 bits per heavy atom. The molecule has 84 valence electrons. The topological polar surface area (TPSA) is 50.9 Å². The third kappa shape index (κ3) is 2.27. The van der Waals surface area contributed by atoms with Crippen LogP contribution in [0.15, 0.2) is 30.6 Å². The van der Waals surface area contributed by atoms with Crippen molar-refractivity contribution in [1.82, 2.24) is 10.4 Å². The highest BCUT2D eigenvalue weighted by molar-refractivity contribution is 7.12. The van der Waals surface area contributed by atoms with Crippen molar-refractivity contribution in [2.75, 3.05) is 0 Å². The van der Waals surface area contributed by atoms with Gasteiger partial charge in [-0.1, -0.05) is 0 Å². The summed E-state index contributed by atoms with van der Waals surface area (Å²) in [6.45, 7) is 2.02. The Labute approximate surface area is 97.1 Å². The fraction of sp³-hybridized carbons (Fsp3) is 0.182. The lowest BCUT2D eigenvalue weighted by atomic mass is 10.1. The minimum absolute atomic E-state index is 0.207. The number of nitrogens with two attached hydrogens (primary N) is 1. The molecule has 3 N–H and O–H groups in total. The summed E-state index contributed by atoms with van der Waals surface area (Å²) in [6, 6.07) is 5.22. The van der Waals surface area contributed by atoms with Crippen molar-refractivity contribution in [3.8, 4) is 0 Å². The number of rotatable bonds is 3. The molecule has 0 amide bonds. The average molecular weight is 237 g/mol. The highest BCUT2D eigenvalue weighted by Crippen LogP contribution is 2.27. The molecule has 1 atom stereocenters. The first-order valence-corrected chi connectivity index (χ1v) is 5.65. The van der Waals surface area contributed by atoms with Crippen LogP contribution in [0.1, 0.15) is 21.4 Å². The quantitative estimate of drug-likeness (QED) is 0.635. The molecule has 2 aromatic rings. The highest BCUT2D eigenvalue weighted by atomic mass is 32.1. The highest BCUT2D eigenvalue weighted by Gasteiger charge is 2.14. The molecule has 16 heavy (non-hydrogen) atoms. The smallest absolute Gasteiger partial charge is 0.141 e. The molecule has 1 unspecified atom stereocenters. The predicted octanol–water partition coefficient (Wildman–Crippen LogP) is 2.14. The van der Waals surface area contributed by atoms with Gasteiger partial charge in [0.25, 0.3) is 0 Å². The second-order valence-corrected chi connectivity index (χ2v) is 4.80. The lowest BCUT2D eigenvalue weighted by Gasteiger charge is -2.13. The summed E-state index contributed by atoms with van der Waals surface area (Å²) in [5.74, 6) is 5.15. The van der Waals surface area contributed by atoms with E-state index in [2.05, 4.69) is 10.4 Å². The van der Waals surface area contributed by atoms with Crippen LogP contribution < -0.4 is 11.3 Å². The number of thiophene rings is 1. The number of hydrazine groups is 1. The van der Waals surface area contributed by atoms with E-state index in [1.165, 1.54) is 17.1 Å². The zero-order chi connectivity index (χ0) is 11.5. The molecule has 2 heterocycles. The van der Waals surface area contributed by atoms with E-state index in [9.17, 15) is 4.39 Å². The average Bonchev–Trinajstić information content (AvgIpc) is 2.66. The fourth-order valence-corrected chi connectivity index (χ4v) is 2.50. The minimum Gasteiger partial charge on any atom is -0.271 e. The number of aromatic nitrogens is 1. The lowest BCUT2D eigenvalue weighted by Crippen LogP contribution is -2.28. The molecule has 0 saturated heterocycles. The van der Waals surface area contributed by atoms with Crippen LogP contribution in [0.2, 0.25) is 0 Å². The van der Waals surface area contributed by atoms with E-state index in [-0.39, 0.29) is 11.9 Å². The monoisotopic (exact) mass is 237 g/mol. The first-order valence-electron chi connectivity index (χ1n) is 4.83.